The normalized spacial score (nSPS) is 16.7. The van der Waals surface area contributed by atoms with Crippen molar-refractivity contribution in [3.05, 3.63) is 57.8 Å². The van der Waals surface area contributed by atoms with Crippen molar-refractivity contribution in [2.45, 2.75) is 20.8 Å². The average Bonchev–Trinajstić information content (AvgIpc) is 2.92. The van der Waals surface area contributed by atoms with Crippen molar-refractivity contribution < 1.29 is 9.59 Å². The highest BCUT2D eigenvalue weighted by Crippen LogP contribution is 2.32. The third-order valence-corrected chi connectivity index (χ3v) is 5.00. The van der Waals surface area contributed by atoms with Crippen LogP contribution in [-0.4, -0.2) is 27.7 Å². The molecule has 0 radical (unpaired) electrons. The van der Waals surface area contributed by atoms with E-state index in [1.54, 1.807) is 6.08 Å². The largest absolute Gasteiger partial charge is 0.318 e. The van der Waals surface area contributed by atoms with E-state index in [-0.39, 0.29) is 11.1 Å². The smallest absolute Gasteiger partial charge is 0.293 e. The maximum absolute atomic E-state index is 12.0. The Morgan fingerprint density at radius 1 is 1.04 bits per heavy atom. The second-order valence-electron chi connectivity index (χ2n) is 5.74. The fraction of sp³-hybridized carbons (Fsp3) is 0.222. The van der Waals surface area contributed by atoms with Gasteiger partial charge in [-0.05, 0) is 62.4 Å². The summed E-state index contributed by atoms with van der Waals surface area (Å²) in [5.41, 5.74) is 5.41. The maximum atomic E-state index is 12.0. The minimum Gasteiger partial charge on any atom is -0.318 e. The van der Waals surface area contributed by atoms with E-state index < -0.39 is 0 Å². The zero-order valence-corrected chi connectivity index (χ0v) is 14.4. The standard InChI is InChI=1S/C18H18N2O2S/c1-11-5-7-15(8-6-11)20-12(2)9-14(13(20)3)10-16-17(21)19(4)18(22)23-16/h5-10H,1-4H3/b16-10-. The lowest BCUT2D eigenvalue weighted by Gasteiger charge is -2.10. The van der Waals surface area contributed by atoms with E-state index in [0.29, 0.717) is 4.91 Å². The molecule has 0 spiro atoms. The van der Waals surface area contributed by atoms with Gasteiger partial charge in [0.25, 0.3) is 11.1 Å². The Labute approximate surface area is 139 Å². The second-order valence-corrected chi connectivity index (χ2v) is 6.73. The molecular formula is C18H18N2O2S. The number of aryl methyl sites for hydroxylation is 2. The molecule has 0 unspecified atom stereocenters. The van der Waals surface area contributed by atoms with Crippen molar-refractivity contribution in [3.63, 3.8) is 0 Å². The molecule has 0 atom stereocenters. The molecule has 0 bridgehead atoms. The summed E-state index contributed by atoms with van der Waals surface area (Å²) >= 11 is 0.987. The first kappa shape index (κ1) is 15.6. The summed E-state index contributed by atoms with van der Waals surface area (Å²) in [5.74, 6) is -0.236. The van der Waals surface area contributed by atoms with Crippen LogP contribution in [0.2, 0.25) is 0 Å². The molecule has 1 saturated heterocycles. The Hall–Kier alpha value is -2.27. The Kier molecular flexibility index (Phi) is 3.90. The summed E-state index contributed by atoms with van der Waals surface area (Å²) in [6.07, 6.45) is 1.81. The minimum atomic E-state index is -0.236. The predicted octanol–water partition coefficient (Wildman–Crippen LogP) is 4.07. The number of carbonyl (C=O) groups is 2. The SMILES string of the molecule is Cc1ccc(-n2c(C)cc(/C=C3\SC(=O)N(C)C3=O)c2C)cc1. The summed E-state index contributed by atoms with van der Waals surface area (Å²) in [5, 5.41) is -0.228. The highest BCUT2D eigenvalue weighted by molar-refractivity contribution is 8.18. The molecular weight excluding hydrogens is 308 g/mol. The highest BCUT2D eigenvalue weighted by Gasteiger charge is 2.32. The molecule has 3 rings (SSSR count). The van der Waals surface area contributed by atoms with Crippen molar-refractivity contribution >= 4 is 29.0 Å². The van der Waals surface area contributed by atoms with Crippen LogP contribution in [0.15, 0.2) is 35.2 Å². The Bertz CT molecular complexity index is 831. The van der Waals surface area contributed by atoms with E-state index in [9.17, 15) is 9.59 Å². The average molecular weight is 326 g/mol. The number of amides is 2. The number of hydrogen-bond acceptors (Lipinski definition) is 3. The van der Waals surface area contributed by atoms with Crippen molar-refractivity contribution in [3.8, 4) is 5.69 Å². The van der Waals surface area contributed by atoms with Crippen LogP contribution in [-0.2, 0) is 4.79 Å². The molecule has 5 heteroatoms. The van der Waals surface area contributed by atoms with Crippen LogP contribution < -0.4 is 0 Å². The first-order valence-corrected chi connectivity index (χ1v) is 8.17. The van der Waals surface area contributed by atoms with E-state index in [1.165, 1.54) is 12.6 Å². The number of aromatic nitrogens is 1. The number of benzene rings is 1. The zero-order chi connectivity index (χ0) is 16.7. The van der Waals surface area contributed by atoms with Gasteiger partial charge in [-0.25, -0.2) is 0 Å². The van der Waals surface area contributed by atoms with Crippen LogP contribution in [0.5, 0.6) is 0 Å². The lowest BCUT2D eigenvalue weighted by molar-refractivity contribution is -0.121. The Balaban J connectivity index is 2.03. The van der Waals surface area contributed by atoms with Gasteiger partial charge < -0.3 is 4.57 Å². The maximum Gasteiger partial charge on any atom is 0.293 e. The number of thioether (sulfide) groups is 1. The predicted molar refractivity (Wildman–Crippen MR) is 93.7 cm³/mol. The van der Waals surface area contributed by atoms with Gasteiger partial charge in [-0.15, -0.1) is 0 Å². The quantitative estimate of drug-likeness (QED) is 0.781. The van der Waals surface area contributed by atoms with Gasteiger partial charge in [-0.3, -0.25) is 14.5 Å². The van der Waals surface area contributed by atoms with Gasteiger partial charge >= 0.3 is 0 Å². The fourth-order valence-corrected chi connectivity index (χ4v) is 3.53. The number of carbonyl (C=O) groups excluding carboxylic acids is 2. The van der Waals surface area contributed by atoms with Crippen LogP contribution in [0.25, 0.3) is 11.8 Å². The van der Waals surface area contributed by atoms with Gasteiger partial charge in [-0.1, -0.05) is 17.7 Å². The third kappa shape index (κ3) is 2.72. The molecule has 23 heavy (non-hydrogen) atoms. The molecule has 0 aliphatic carbocycles. The van der Waals surface area contributed by atoms with Crippen molar-refractivity contribution in [1.29, 1.82) is 0 Å². The summed E-state index contributed by atoms with van der Waals surface area (Å²) in [7, 11) is 1.51. The Morgan fingerprint density at radius 2 is 1.70 bits per heavy atom. The third-order valence-electron chi connectivity index (χ3n) is 4.04. The van der Waals surface area contributed by atoms with Crippen molar-refractivity contribution in [2.75, 3.05) is 7.05 Å². The molecule has 2 amide bonds. The van der Waals surface area contributed by atoms with Gasteiger partial charge in [0.05, 0.1) is 4.91 Å². The molecule has 2 heterocycles. The first-order chi connectivity index (χ1) is 10.9. The van der Waals surface area contributed by atoms with Gasteiger partial charge in [0.2, 0.25) is 0 Å². The molecule has 2 aromatic rings. The number of hydrogen-bond donors (Lipinski definition) is 0. The van der Waals surface area contributed by atoms with E-state index in [4.69, 9.17) is 0 Å². The van der Waals surface area contributed by atoms with Gasteiger partial charge in [0, 0.05) is 24.1 Å². The zero-order valence-electron chi connectivity index (χ0n) is 13.6. The van der Waals surface area contributed by atoms with E-state index in [0.717, 1.165) is 39.3 Å². The topological polar surface area (TPSA) is 42.3 Å². The first-order valence-electron chi connectivity index (χ1n) is 7.36. The van der Waals surface area contributed by atoms with E-state index in [1.807, 2.05) is 19.9 Å². The summed E-state index contributed by atoms with van der Waals surface area (Å²) in [4.78, 5) is 25.3. The van der Waals surface area contributed by atoms with E-state index >= 15 is 0 Å². The molecule has 4 nitrogen and oxygen atoms in total. The monoisotopic (exact) mass is 326 g/mol. The molecule has 118 valence electrons. The lowest BCUT2D eigenvalue weighted by atomic mass is 10.2. The summed E-state index contributed by atoms with van der Waals surface area (Å²) < 4.78 is 2.15. The molecule has 0 saturated carbocycles. The van der Waals surface area contributed by atoms with Gasteiger partial charge in [0.15, 0.2) is 0 Å². The number of imide groups is 1. The van der Waals surface area contributed by atoms with Crippen LogP contribution >= 0.6 is 11.8 Å². The lowest BCUT2D eigenvalue weighted by Crippen LogP contribution is -2.22. The molecule has 1 aliphatic heterocycles. The summed E-state index contributed by atoms with van der Waals surface area (Å²) in [6, 6.07) is 10.4. The Morgan fingerprint density at radius 3 is 2.26 bits per heavy atom. The van der Waals surface area contributed by atoms with Crippen molar-refractivity contribution in [1.82, 2.24) is 9.47 Å². The van der Waals surface area contributed by atoms with Gasteiger partial charge in [0.1, 0.15) is 0 Å². The molecule has 1 aromatic heterocycles. The summed E-state index contributed by atoms with van der Waals surface area (Å²) in [6.45, 7) is 6.12. The van der Waals surface area contributed by atoms with Gasteiger partial charge in [-0.2, -0.15) is 0 Å². The van der Waals surface area contributed by atoms with Crippen LogP contribution in [0.3, 0.4) is 0 Å². The van der Waals surface area contributed by atoms with Crippen LogP contribution in [0.4, 0.5) is 4.79 Å². The number of likely N-dealkylation sites (N-methyl/N-ethyl adjacent to an activating group) is 1. The molecule has 0 N–H and O–H groups in total. The number of nitrogens with zero attached hydrogens (tertiary/aromatic N) is 2. The molecule has 1 aliphatic rings. The second kappa shape index (κ2) is 5.74. The minimum absolute atomic E-state index is 0.228. The fourth-order valence-electron chi connectivity index (χ4n) is 2.71. The van der Waals surface area contributed by atoms with Crippen molar-refractivity contribution in [2.24, 2.45) is 0 Å². The molecule has 1 aromatic carbocycles. The highest BCUT2D eigenvalue weighted by atomic mass is 32.2. The van der Waals surface area contributed by atoms with E-state index in [2.05, 4.69) is 35.8 Å². The molecule has 1 fully saturated rings. The van der Waals surface area contributed by atoms with Crippen LogP contribution in [0.1, 0.15) is 22.5 Å². The van der Waals surface area contributed by atoms with Crippen LogP contribution in [0, 0.1) is 20.8 Å². The number of rotatable bonds is 2.